The third kappa shape index (κ3) is 2.54. The van der Waals surface area contributed by atoms with Gasteiger partial charge in [0.25, 0.3) is 5.91 Å². The Hall–Kier alpha value is -1.95. The van der Waals surface area contributed by atoms with Crippen molar-refractivity contribution in [2.45, 2.75) is 6.54 Å². The molecule has 0 spiro atoms. The third-order valence-corrected chi connectivity index (χ3v) is 2.66. The highest BCUT2D eigenvalue weighted by molar-refractivity contribution is 7.13. The van der Waals surface area contributed by atoms with E-state index in [1.165, 1.54) is 11.3 Å². The van der Waals surface area contributed by atoms with E-state index in [2.05, 4.69) is 15.3 Å². The molecule has 2 aromatic heterocycles. The molecule has 0 saturated heterocycles. The van der Waals surface area contributed by atoms with Gasteiger partial charge in [0.2, 0.25) is 0 Å². The summed E-state index contributed by atoms with van der Waals surface area (Å²) in [6.45, 7) is 0.384. The van der Waals surface area contributed by atoms with Crippen LogP contribution in [0.15, 0.2) is 29.9 Å². The Morgan fingerprint density at radius 3 is 2.81 bits per heavy atom. The van der Waals surface area contributed by atoms with Crippen LogP contribution < -0.4 is 11.1 Å². The maximum Gasteiger partial charge on any atom is 0.251 e. The van der Waals surface area contributed by atoms with Crippen LogP contribution in [0.2, 0.25) is 0 Å². The molecule has 3 N–H and O–H groups in total. The Morgan fingerprint density at radius 2 is 2.19 bits per heavy atom. The minimum Gasteiger partial charge on any atom is -0.375 e. The smallest absolute Gasteiger partial charge is 0.251 e. The lowest BCUT2D eigenvalue weighted by Gasteiger charge is -2.02. The van der Waals surface area contributed by atoms with Gasteiger partial charge in [-0.15, -0.1) is 11.3 Å². The number of anilines is 1. The van der Waals surface area contributed by atoms with E-state index in [1.54, 1.807) is 24.5 Å². The van der Waals surface area contributed by atoms with Crippen LogP contribution in [0.5, 0.6) is 0 Å². The minimum atomic E-state index is -0.144. The third-order valence-electron chi connectivity index (χ3n) is 1.94. The molecule has 2 heterocycles. The van der Waals surface area contributed by atoms with E-state index in [0.29, 0.717) is 17.2 Å². The standard InChI is InChI=1S/C10H10N4OS/c11-10-14-8(6-16-10)5-13-9(15)7-1-3-12-4-2-7/h1-4,6H,5H2,(H2,11,14)(H,13,15). The Balaban J connectivity index is 1.94. The molecule has 6 heteroatoms. The molecule has 0 atom stereocenters. The quantitative estimate of drug-likeness (QED) is 0.831. The lowest BCUT2D eigenvalue weighted by molar-refractivity contribution is 0.0950. The van der Waals surface area contributed by atoms with Crippen LogP contribution in [0, 0.1) is 0 Å². The van der Waals surface area contributed by atoms with Crippen molar-refractivity contribution in [3.63, 3.8) is 0 Å². The fraction of sp³-hybridized carbons (Fsp3) is 0.100. The van der Waals surface area contributed by atoms with Gasteiger partial charge in [-0.25, -0.2) is 4.98 Å². The van der Waals surface area contributed by atoms with Gasteiger partial charge >= 0.3 is 0 Å². The number of hydrogen-bond acceptors (Lipinski definition) is 5. The minimum absolute atomic E-state index is 0.144. The molecule has 0 saturated carbocycles. The Kier molecular flexibility index (Phi) is 3.11. The van der Waals surface area contributed by atoms with E-state index in [1.807, 2.05) is 5.38 Å². The molecule has 0 fully saturated rings. The van der Waals surface area contributed by atoms with Gasteiger partial charge in [-0.05, 0) is 12.1 Å². The molecule has 82 valence electrons. The number of rotatable bonds is 3. The van der Waals surface area contributed by atoms with Crippen molar-refractivity contribution in [1.82, 2.24) is 15.3 Å². The number of amides is 1. The van der Waals surface area contributed by atoms with Gasteiger partial charge in [0.1, 0.15) is 0 Å². The second-order valence-electron chi connectivity index (χ2n) is 3.10. The van der Waals surface area contributed by atoms with Crippen molar-refractivity contribution >= 4 is 22.4 Å². The molecule has 0 aliphatic heterocycles. The molecule has 16 heavy (non-hydrogen) atoms. The SMILES string of the molecule is Nc1nc(CNC(=O)c2ccncc2)cs1. The van der Waals surface area contributed by atoms with E-state index in [9.17, 15) is 4.79 Å². The number of thiazole rings is 1. The number of carbonyl (C=O) groups excluding carboxylic acids is 1. The molecule has 1 amide bonds. The van der Waals surface area contributed by atoms with Gasteiger partial charge in [-0.1, -0.05) is 0 Å². The first-order valence-electron chi connectivity index (χ1n) is 4.64. The van der Waals surface area contributed by atoms with E-state index in [4.69, 9.17) is 5.73 Å². The van der Waals surface area contributed by atoms with Crippen LogP contribution in [0.4, 0.5) is 5.13 Å². The lowest BCUT2D eigenvalue weighted by atomic mass is 10.2. The summed E-state index contributed by atoms with van der Waals surface area (Å²) in [5, 5.41) is 5.08. The first-order chi connectivity index (χ1) is 7.75. The van der Waals surface area contributed by atoms with Crippen LogP contribution >= 0.6 is 11.3 Å². The molecule has 2 rings (SSSR count). The zero-order valence-corrected chi connectivity index (χ0v) is 9.20. The zero-order valence-electron chi connectivity index (χ0n) is 8.38. The van der Waals surface area contributed by atoms with Gasteiger partial charge in [0.05, 0.1) is 12.2 Å². The Labute approximate surface area is 96.3 Å². The lowest BCUT2D eigenvalue weighted by Crippen LogP contribution is -2.22. The molecule has 0 radical (unpaired) electrons. The summed E-state index contributed by atoms with van der Waals surface area (Å²) in [6.07, 6.45) is 3.16. The maximum atomic E-state index is 11.6. The zero-order chi connectivity index (χ0) is 11.4. The van der Waals surface area contributed by atoms with Gasteiger partial charge in [-0.3, -0.25) is 9.78 Å². The molecule has 0 aromatic carbocycles. The predicted molar refractivity (Wildman–Crippen MR) is 61.9 cm³/mol. The van der Waals surface area contributed by atoms with Gasteiger partial charge < -0.3 is 11.1 Å². The number of carbonyl (C=O) groups is 1. The summed E-state index contributed by atoms with van der Waals surface area (Å²) in [5.41, 5.74) is 6.83. The predicted octanol–water partition coefficient (Wildman–Crippen LogP) is 1.05. The average molecular weight is 234 g/mol. The summed E-state index contributed by atoms with van der Waals surface area (Å²) in [7, 11) is 0. The molecule has 0 aliphatic rings. The molecule has 0 bridgehead atoms. The van der Waals surface area contributed by atoms with Crippen LogP contribution in [0.1, 0.15) is 16.1 Å². The van der Waals surface area contributed by atoms with E-state index >= 15 is 0 Å². The van der Waals surface area contributed by atoms with Crippen molar-refractivity contribution < 1.29 is 4.79 Å². The molecule has 0 unspecified atom stereocenters. The summed E-state index contributed by atoms with van der Waals surface area (Å²) >= 11 is 1.36. The molecular weight excluding hydrogens is 224 g/mol. The molecule has 0 aliphatic carbocycles. The highest BCUT2D eigenvalue weighted by atomic mass is 32.1. The van der Waals surface area contributed by atoms with E-state index in [-0.39, 0.29) is 5.91 Å². The van der Waals surface area contributed by atoms with Gasteiger partial charge in [-0.2, -0.15) is 0 Å². The van der Waals surface area contributed by atoms with E-state index in [0.717, 1.165) is 5.69 Å². The highest BCUT2D eigenvalue weighted by Crippen LogP contribution is 2.10. The number of nitrogen functional groups attached to an aromatic ring is 1. The van der Waals surface area contributed by atoms with Crippen LogP contribution in [-0.4, -0.2) is 15.9 Å². The topological polar surface area (TPSA) is 80.9 Å². The number of nitrogens with zero attached hydrogens (tertiary/aromatic N) is 2. The summed E-state index contributed by atoms with van der Waals surface area (Å²) in [6, 6.07) is 3.31. The molecule has 2 aromatic rings. The van der Waals surface area contributed by atoms with Crippen molar-refractivity contribution in [3.05, 3.63) is 41.2 Å². The summed E-state index contributed by atoms with van der Waals surface area (Å²) in [5.74, 6) is -0.144. The largest absolute Gasteiger partial charge is 0.375 e. The second kappa shape index (κ2) is 4.71. The fourth-order valence-corrected chi connectivity index (χ4v) is 1.74. The normalized spacial score (nSPS) is 10.0. The monoisotopic (exact) mass is 234 g/mol. The van der Waals surface area contributed by atoms with Gasteiger partial charge in [0, 0.05) is 23.3 Å². The van der Waals surface area contributed by atoms with Crippen molar-refractivity contribution in [2.75, 3.05) is 5.73 Å². The van der Waals surface area contributed by atoms with E-state index < -0.39 is 0 Å². The maximum absolute atomic E-state index is 11.6. The van der Waals surface area contributed by atoms with Crippen molar-refractivity contribution in [2.24, 2.45) is 0 Å². The Morgan fingerprint density at radius 1 is 1.44 bits per heavy atom. The summed E-state index contributed by atoms with van der Waals surface area (Å²) in [4.78, 5) is 19.5. The van der Waals surface area contributed by atoms with Crippen molar-refractivity contribution in [1.29, 1.82) is 0 Å². The van der Waals surface area contributed by atoms with Crippen LogP contribution in [-0.2, 0) is 6.54 Å². The number of nitrogens with one attached hydrogen (secondary N) is 1. The Bertz CT molecular complexity index is 483. The van der Waals surface area contributed by atoms with Crippen molar-refractivity contribution in [3.8, 4) is 0 Å². The molecular formula is C10H10N4OS. The number of nitrogens with two attached hydrogens (primary N) is 1. The highest BCUT2D eigenvalue weighted by Gasteiger charge is 2.05. The second-order valence-corrected chi connectivity index (χ2v) is 3.99. The number of pyridine rings is 1. The average Bonchev–Trinajstić information content (AvgIpc) is 2.73. The fourth-order valence-electron chi connectivity index (χ4n) is 1.18. The first kappa shape index (κ1) is 10.6. The first-order valence-corrected chi connectivity index (χ1v) is 5.52. The molecule has 5 nitrogen and oxygen atoms in total. The van der Waals surface area contributed by atoms with Crippen LogP contribution in [0.3, 0.4) is 0 Å². The van der Waals surface area contributed by atoms with Gasteiger partial charge in [0.15, 0.2) is 5.13 Å². The van der Waals surface area contributed by atoms with Crippen LogP contribution in [0.25, 0.3) is 0 Å². The number of hydrogen-bond donors (Lipinski definition) is 2. The summed E-state index contributed by atoms with van der Waals surface area (Å²) < 4.78 is 0. The number of aromatic nitrogens is 2.